The van der Waals surface area contributed by atoms with Crippen molar-refractivity contribution in [3.8, 4) is 0 Å². The Morgan fingerprint density at radius 2 is 0.806 bits per heavy atom. The molecule has 0 atom stereocenters. The van der Waals surface area contributed by atoms with Crippen LogP contribution in [0.4, 0.5) is 0 Å². The molecule has 2 N–H and O–H groups in total. The maximum absolute atomic E-state index is 11.4. The lowest BCUT2D eigenvalue weighted by molar-refractivity contribution is -0.133. The first-order valence-corrected chi connectivity index (χ1v) is 12.9. The molecule has 0 saturated heterocycles. The maximum Gasteiger partial charge on any atom is 0.331 e. The predicted octanol–water partition coefficient (Wildman–Crippen LogP) is 8.46. The van der Waals surface area contributed by atoms with Gasteiger partial charge in [0.2, 0.25) is 0 Å². The topological polar surface area (TPSA) is 74.6 Å². The molecule has 4 nitrogen and oxygen atoms in total. The summed E-state index contributed by atoms with van der Waals surface area (Å²) in [5.74, 6) is -1.91. The molecule has 0 heterocycles. The van der Waals surface area contributed by atoms with Crippen LogP contribution in [-0.4, -0.2) is 22.2 Å². The van der Waals surface area contributed by atoms with Crippen molar-refractivity contribution in [2.45, 2.75) is 136 Å². The number of carboxylic acid groups (broad SMARTS) is 2. The van der Waals surface area contributed by atoms with E-state index >= 15 is 0 Å². The zero-order valence-electron chi connectivity index (χ0n) is 20.3. The molecule has 0 fully saturated rings. The summed E-state index contributed by atoms with van der Waals surface area (Å²) in [5, 5.41) is 18.5. The summed E-state index contributed by atoms with van der Waals surface area (Å²) in [6.07, 6.45) is 25.3. The van der Waals surface area contributed by atoms with Crippen molar-refractivity contribution in [3.05, 3.63) is 23.3 Å². The van der Waals surface area contributed by atoms with Gasteiger partial charge in [0.1, 0.15) is 0 Å². The first kappa shape index (κ1) is 29.4. The normalized spacial score (nSPS) is 12.3. The number of carboxylic acids is 2. The fourth-order valence-electron chi connectivity index (χ4n) is 3.86. The van der Waals surface area contributed by atoms with Gasteiger partial charge >= 0.3 is 11.9 Å². The standard InChI is InChI=1S/C27H48O4/c1-3-5-6-7-8-9-10-11-12-13-14-15-16-17-18-19-21-25(27(30)31)23-22-24(20-4-2)26(28)29/h22-23H,3-21H2,1-2H3,(H,28,29)(H,30,31). The number of unbranched alkanes of at least 4 members (excludes halogenated alkanes) is 15. The average molecular weight is 437 g/mol. The van der Waals surface area contributed by atoms with E-state index in [1.54, 1.807) is 0 Å². The van der Waals surface area contributed by atoms with Crippen molar-refractivity contribution >= 4 is 11.9 Å². The lowest BCUT2D eigenvalue weighted by Gasteiger charge is -2.04. The third-order valence-corrected chi connectivity index (χ3v) is 5.85. The summed E-state index contributed by atoms with van der Waals surface area (Å²) in [5.41, 5.74) is 0.577. The second-order valence-corrected chi connectivity index (χ2v) is 8.80. The summed E-state index contributed by atoms with van der Waals surface area (Å²) >= 11 is 0. The van der Waals surface area contributed by atoms with Gasteiger partial charge in [0.05, 0.1) is 0 Å². The van der Waals surface area contributed by atoms with Gasteiger partial charge in [-0.3, -0.25) is 0 Å². The van der Waals surface area contributed by atoms with E-state index < -0.39 is 11.9 Å². The Kier molecular flexibility index (Phi) is 20.5. The van der Waals surface area contributed by atoms with Gasteiger partial charge < -0.3 is 10.2 Å². The Morgan fingerprint density at radius 1 is 0.484 bits per heavy atom. The Hall–Kier alpha value is -1.58. The molecule has 180 valence electrons. The van der Waals surface area contributed by atoms with E-state index in [0.717, 1.165) is 25.7 Å². The highest BCUT2D eigenvalue weighted by molar-refractivity contribution is 5.89. The zero-order valence-corrected chi connectivity index (χ0v) is 20.3. The second kappa shape index (κ2) is 21.6. The number of carbonyl (C=O) groups is 2. The smallest absolute Gasteiger partial charge is 0.331 e. The van der Waals surface area contributed by atoms with Gasteiger partial charge in [-0.1, -0.05) is 129 Å². The molecule has 0 aliphatic carbocycles. The third kappa shape index (κ3) is 18.9. The van der Waals surface area contributed by atoms with Crippen molar-refractivity contribution in [1.82, 2.24) is 0 Å². The van der Waals surface area contributed by atoms with Crippen LogP contribution in [0.15, 0.2) is 23.3 Å². The number of rotatable bonds is 22. The molecule has 31 heavy (non-hydrogen) atoms. The van der Waals surface area contributed by atoms with Gasteiger partial charge in [0, 0.05) is 11.1 Å². The van der Waals surface area contributed by atoms with Crippen LogP contribution < -0.4 is 0 Å². The predicted molar refractivity (Wildman–Crippen MR) is 131 cm³/mol. The molecule has 0 aliphatic heterocycles. The van der Waals surface area contributed by atoms with Crippen LogP contribution in [0.1, 0.15) is 136 Å². The molecule has 0 aromatic rings. The molecule has 0 unspecified atom stereocenters. The van der Waals surface area contributed by atoms with Gasteiger partial charge in [-0.05, 0) is 19.3 Å². The Bertz CT molecular complexity index is 519. The fraction of sp³-hybridized carbons (Fsp3) is 0.778. The van der Waals surface area contributed by atoms with Gasteiger partial charge in [-0.25, -0.2) is 9.59 Å². The van der Waals surface area contributed by atoms with Gasteiger partial charge in [0.25, 0.3) is 0 Å². The third-order valence-electron chi connectivity index (χ3n) is 5.85. The molecule has 0 aromatic heterocycles. The van der Waals surface area contributed by atoms with E-state index in [1.165, 1.54) is 95.6 Å². The van der Waals surface area contributed by atoms with Crippen LogP contribution in [0.25, 0.3) is 0 Å². The summed E-state index contributed by atoms with van der Waals surface area (Å²) in [6, 6.07) is 0. The molecule has 0 bridgehead atoms. The average Bonchev–Trinajstić information content (AvgIpc) is 2.74. The molecular weight excluding hydrogens is 388 g/mol. The summed E-state index contributed by atoms with van der Waals surface area (Å²) < 4.78 is 0. The molecule has 0 saturated carbocycles. The first-order chi connectivity index (χ1) is 15.0. The van der Waals surface area contributed by atoms with Gasteiger partial charge in [0.15, 0.2) is 0 Å². The van der Waals surface area contributed by atoms with E-state index in [-0.39, 0.29) is 5.57 Å². The minimum atomic E-state index is -0.967. The van der Waals surface area contributed by atoms with Crippen LogP contribution in [0, 0.1) is 0 Å². The first-order valence-electron chi connectivity index (χ1n) is 12.9. The van der Waals surface area contributed by atoms with Crippen molar-refractivity contribution in [2.75, 3.05) is 0 Å². The van der Waals surface area contributed by atoms with E-state index in [2.05, 4.69) is 6.92 Å². The maximum atomic E-state index is 11.4. The minimum Gasteiger partial charge on any atom is -0.478 e. The molecular formula is C27H48O4. The second-order valence-electron chi connectivity index (χ2n) is 8.80. The van der Waals surface area contributed by atoms with Gasteiger partial charge in [-0.15, -0.1) is 0 Å². The number of hydrogen-bond acceptors (Lipinski definition) is 2. The van der Waals surface area contributed by atoms with Gasteiger partial charge in [-0.2, -0.15) is 0 Å². The highest BCUT2D eigenvalue weighted by Gasteiger charge is 2.08. The van der Waals surface area contributed by atoms with Crippen LogP contribution in [-0.2, 0) is 9.59 Å². The van der Waals surface area contributed by atoms with Crippen LogP contribution >= 0.6 is 0 Å². The van der Waals surface area contributed by atoms with Crippen molar-refractivity contribution in [2.24, 2.45) is 0 Å². The Balaban J connectivity index is 3.73. The van der Waals surface area contributed by atoms with Crippen molar-refractivity contribution < 1.29 is 19.8 Å². The fourth-order valence-corrected chi connectivity index (χ4v) is 3.86. The molecule has 0 radical (unpaired) electrons. The molecule has 0 rings (SSSR count). The number of hydrogen-bond donors (Lipinski definition) is 2. The SMILES string of the molecule is CCCCCCCCCCCCCCCCCCC(=CC=C(CCC)C(=O)O)C(=O)O. The van der Waals surface area contributed by atoms with Crippen molar-refractivity contribution in [1.29, 1.82) is 0 Å². The van der Waals surface area contributed by atoms with E-state index in [1.807, 2.05) is 6.92 Å². The van der Waals surface area contributed by atoms with Crippen LogP contribution in [0.5, 0.6) is 0 Å². The summed E-state index contributed by atoms with van der Waals surface area (Å²) in [6.45, 7) is 4.18. The lowest BCUT2D eigenvalue weighted by Crippen LogP contribution is -2.02. The lowest BCUT2D eigenvalue weighted by atomic mass is 10.0. The Morgan fingerprint density at radius 3 is 1.13 bits per heavy atom. The quantitative estimate of drug-likeness (QED) is 0.101. The summed E-state index contributed by atoms with van der Waals surface area (Å²) in [7, 11) is 0. The monoisotopic (exact) mass is 436 g/mol. The highest BCUT2D eigenvalue weighted by Crippen LogP contribution is 2.16. The minimum absolute atomic E-state index is 0.272. The van der Waals surface area contributed by atoms with E-state index in [4.69, 9.17) is 5.11 Å². The van der Waals surface area contributed by atoms with Crippen molar-refractivity contribution in [3.63, 3.8) is 0 Å². The molecule has 0 amide bonds. The van der Waals surface area contributed by atoms with E-state index in [9.17, 15) is 14.7 Å². The molecule has 4 heteroatoms. The summed E-state index contributed by atoms with van der Waals surface area (Å²) in [4.78, 5) is 22.5. The molecule has 0 aliphatic rings. The van der Waals surface area contributed by atoms with E-state index in [0.29, 0.717) is 18.4 Å². The number of allylic oxidation sites excluding steroid dienone is 2. The molecule has 0 spiro atoms. The van der Waals surface area contributed by atoms with Crippen LogP contribution in [0.2, 0.25) is 0 Å². The number of aliphatic carboxylic acids is 2. The molecule has 0 aromatic carbocycles. The largest absolute Gasteiger partial charge is 0.478 e. The Labute approximate surface area is 191 Å². The van der Waals surface area contributed by atoms with Crippen LogP contribution in [0.3, 0.4) is 0 Å². The highest BCUT2D eigenvalue weighted by atomic mass is 16.4. The zero-order chi connectivity index (χ0) is 23.2.